The Labute approximate surface area is 230 Å². The van der Waals surface area contributed by atoms with Crippen molar-refractivity contribution in [1.82, 2.24) is 19.5 Å². The molecule has 0 aliphatic heterocycles. The number of para-hydroxylation sites is 4. The number of pyridine rings is 1. The summed E-state index contributed by atoms with van der Waals surface area (Å²) in [4.78, 5) is 13.7. The highest BCUT2D eigenvalue weighted by Gasteiger charge is 2.09. The molecule has 6 aromatic rings. The third-order valence-corrected chi connectivity index (χ3v) is 7.69. The largest absolute Gasteiger partial charge is 0.331 e. The van der Waals surface area contributed by atoms with Gasteiger partial charge in [0.25, 0.3) is 0 Å². The van der Waals surface area contributed by atoms with E-state index in [9.17, 15) is 0 Å². The van der Waals surface area contributed by atoms with Gasteiger partial charge in [-0.2, -0.15) is 0 Å². The van der Waals surface area contributed by atoms with E-state index in [1.807, 2.05) is 30.3 Å². The Kier molecular flexibility index (Phi) is 8.90. The molecular formula is C33H38N4S. The van der Waals surface area contributed by atoms with Crippen molar-refractivity contribution in [3.8, 4) is 0 Å². The third-order valence-electron chi connectivity index (χ3n) is 6.35. The van der Waals surface area contributed by atoms with Crippen molar-refractivity contribution in [3.05, 3.63) is 101 Å². The van der Waals surface area contributed by atoms with E-state index in [0.717, 1.165) is 22.4 Å². The van der Waals surface area contributed by atoms with E-state index >= 15 is 0 Å². The molecule has 0 fully saturated rings. The van der Waals surface area contributed by atoms with Crippen molar-refractivity contribution in [2.75, 3.05) is 0 Å². The lowest BCUT2D eigenvalue weighted by molar-refractivity contribution is 0.722. The number of nitrogens with zero attached hydrogens (tertiary/aromatic N) is 4. The van der Waals surface area contributed by atoms with Gasteiger partial charge in [-0.05, 0) is 42.3 Å². The molecule has 0 unspecified atom stereocenters. The summed E-state index contributed by atoms with van der Waals surface area (Å²) in [6, 6.07) is 29.0. The molecule has 4 nitrogen and oxygen atoms in total. The lowest BCUT2D eigenvalue weighted by Crippen LogP contribution is -1.99. The molecule has 0 bridgehead atoms. The zero-order valence-corrected chi connectivity index (χ0v) is 24.3. The molecule has 0 radical (unpaired) electrons. The van der Waals surface area contributed by atoms with Crippen LogP contribution in [0.2, 0.25) is 0 Å². The normalized spacial score (nSPS) is 11.2. The maximum atomic E-state index is 4.57. The summed E-state index contributed by atoms with van der Waals surface area (Å²) in [6.07, 6.45) is 0. The van der Waals surface area contributed by atoms with E-state index in [1.54, 1.807) is 11.3 Å². The highest BCUT2D eigenvalue weighted by molar-refractivity contribution is 7.18. The Balaban J connectivity index is 0.000000133. The van der Waals surface area contributed by atoms with Crippen LogP contribution in [-0.2, 0) is 7.05 Å². The number of thiazole rings is 1. The van der Waals surface area contributed by atoms with Crippen LogP contribution in [0.15, 0.2) is 84.9 Å². The number of benzene rings is 3. The Morgan fingerprint density at radius 3 is 1.84 bits per heavy atom. The molecule has 0 saturated heterocycles. The van der Waals surface area contributed by atoms with E-state index in [-0.39, 0.29) is 0 Å². The maximum absolute atomic E-state index is 4.57. The zero-order valence-electron chi connectivity index (χ0n) is 23.5. The first-order chi connectivity index (χ1) is 18.2. The quantitative estimate of drug-likeness (QED) is 0.232. The average Bonchev–Trinajstić information content (AvgIpc) is 3.51. The highest BCUT2D eigenvalue weighted by atomic mass is 32.1. The number of aryl methyl sites for hydroxylation is 1. The van der Waals surface area contributed by atoms with Gasteiger partial charge in [0.15, 0.2) is 0 Å². The Morgan fingerprint density at radius 1 is 0.579 bits per heavy atom. The lowest BCUT2D eigenvalue weighted by atomic mass is 10.1. The van der Waals surface area contributed by atoms with E-state index < -0.39 is 0 Å². The topological polar surface area (TPSA) is 43.6 Å². The molecular weight excluding hydrogens is 484 g/mol. The van der Waals surface area contributed by atoms with Crippen LogP contribution in [0, 0.1) is 0 Å². The van der Waals surface area contributed by atoms with Crippen molar-refractivity contribution in [2.45, 2.75) is 59.3 Å². The van der Waals surface area contributed by atoms with Gasteiger partial charge in [0.05, 0.1) is 31.8 Å². The van der Waals surface area contributed by atoms with Crippen LogP contribution >= 0.6 is 11.3 Å². The summed E-state index contributed by atoms with van der Waals surface area (Å²) in [6.45, 7) is 13.0. The first-order valence-corrected chi connectivity index (χ1v) is 14.2. The third kappa shape index (κ3) is 6.46. The number of aromatic nitrogens is 4. The average molecular weight is 523 g/mol. The Morgan fingerprint density at radius 2 is 1.21 bits per heavy atom. The van der Waals surface area contributed by atoms with Gasteiger partial charge < -0.3 is 4.57 Å². The van der Waals surface area contributed by atoms with Gasteiger partial charge in [-0.15, -0.1) is 11.3 Å². The van der Waals surface area contributed by atoms with Crippen LogP contribution in [-0.4, -0.2) is 19.5 Å². The fourth-order valence-corrected chi connectivity index (χ4v) is 5.19. The predicted octanol–water partition coefficient (Wildman–Crippen LogP) is 9.47. The zero-order chi connectivity index (χ0) is 27.2. The summed E-state index contributed by atoms with van der Waals surface area (Å²) in [5.41, 5.74) is 5.69. The van der Waals surface area contributed by atoms with E-state index in [0.29, 0.717) is 17.8 Å². The Bertz CT molecular complexity index is 1590. The van der Waals surface area contributed by atoms with Crippen molar-refractivity contribution < 1.29 is 0 Å². The molecule has 0 atom stereocenters. The number of hydrogen-bond donors (Lipinski definition) is 0. The SMILES string of the molecule is CC(C)c1ccc2ccccc2n1.CC(C)c1nc2ccccc2n1C.CC(C)c1nc2ccccc2s1. The van der Waals surface area contributed by atoms with E-state index in [4.69, 9.17) is 0 Å². The standard InChI is InChI=1S/C12H13N.C11H14N2.C10H11NS/c1-9(2)11-8-7-10-5-3-4-6-12(10)13-11;1-8(2)11-12-9-6-4-5-7-10(9)13(11)3;1-7(2)10-11-8-5-3-4-6-9(8)12-10/h3-9H,1-2H3;4-8H,1-3H3;3-7H,1-2H3. The van der Waals surface area contributed by atoms with Gasteiger partial charge in [0, 0.05) is 30.0 Å². The van der Waals surface area contributed by atoms with Crippen LogP contribution in [0.3, 0.4) is 0 Å². The summed E-state index contributed by atoms with van der Waals surface area (Å²) < 4.78 is 3.46. The second-order valence-electron chi connectivity index (χ2n) is 10.4. The minimum atomic E-state index is 0.484. The molecule has 6 rings (SSSR count). The van der Waals surface area contributed by atoms with Crippen molar-refractivity contribution >= 4 is 43.5 Å². The molecule has 3 heterocycles. The van der Waals surface area contributed by atoms with Gasteiger partial charge >= 0.3 is 0 Å². The fourth-order valence-electron chi connectivity index (χ4n) is 4.22. The summed E-state index contributed by atoms with van der Waals surface area (Å²) >= 11 is 1.79. The first-order valence-electron chi connectivity index (χ1n) is 13.4. The molecule has 3 aromatic carbocycles. The molecule has 0 N–H and O–H groups in total. The molecule has 0 aliphatic rings. The minimum absolute atomic E-state index is 0.484. The van der Waals surface area contributed by atoms with Gasteiger partial charge in [-0.1, -0.05) is 90.1 Å². The number of fused-ring (bicyclic) bond motifs is 3. The van der Waals surface area contributed by atoms with E-state index in [2.05, 4.69) is 123 Å². The highest BCUT2D eigenvalue weighted by Crippen LogP contribution is 2.26. The fraction of sp³-hybridized carbons (Fsp3) is 0.303. The second kappa shape index (κ2) is 12.3. The van der Waals surface area contributed by atoms with Crippen LogP contribution in [0.25, 0.3) is 32.2 Å². The lowest BCUT2D eigenvalue weighted by Gasteiger charge is -2.04. The molecule has 0 spiro atoms. The molecule has 38 heavy (non-hydrogen) atoms. The molecule has 196 valence electrons. The van der Waals surface area contributed by atoms with E-state index in [1.165, 1.54) is 26.3 Å². The predicted molar refractivity (Wildman–Crippen MR) is 164 cm³/mol. The van der Waals surface area contributed by atoms with Crippen LogP contribution in [0.4, 0.5) is 0 Å². The number of hydrogen-bond acceptors (Lipinski definition) is 4. The molecule has 3 aromatic heterocycles. The second-order valence-corrected chi connectivity index (χ2v) is 11.5. The molecule has 0 aliphatic carbocycles. The van der Waals surface area contributed by atoms with Crippen LogP contribution in [0.5, 0.6) is 0 Å². The van der Waals surface area contributed by atoms with Gasteiger partial charge in [-0.25, -0.2) is 9.97 Å². The van der Waals surface area contributed by atoms with Crippen LogP contribution < -0.4 is 0 Å². The van der Waals surface area contributed by atoms with Crippen molar-refractivity contribution in [1.29, 1.82) is 0 Å². The monoisotopic (exact) mass is 522 g/mol. The number of imidazole rings is 1. The van der Waals surface area contributed by atoms with Crippen LogP contribution in [0.1, 0.15) is 75.8 Å². The van der Waals surface area contributed by atoms with Gasteiger partial charge in [0.1, 0.15) is 5.82 Å². The minimum Gasteiger partial charge on any atom is -0.331 e. The molecule has 0 amide bonds. The first kappa shape index (κ1) is 27.5. The van der Waals surface area contributed by atoms with Gasteiger partial charge in [-0.3, -0.25) is 4.98 Å². The van der Waals surface area contributed by atoms with Gasteiger partial charge in [0.2, 0.25) is 0 Å². The summed E-state index contributed by atoms with van der Waals surface area (Å²) in [5, 5.41) is 2.45. The smallest absolute Gasteiger partial charge is 0.112 e. The maximum Gasteiger partial charge on any atom is 0.112 e. The molecule has 0 saturated carbocycles. The molecule has 5 heteroatoms. The van der Waals surface area contributed by atoms with Crippen molar-refractivity contribution in [3.63, 3.8) is 0 Å². The summed E-state index contributed by atoms with van der Waals surface area (Å²) in [7, 11) is 2.07. The Hall–Kier alpha value is -3.57. The number of rotatable bonds is 3. The van der Waals surface area contributed by atoms with Crippen molar-refractivity contribution in [2.24, 2.45) is 7.05 Å². The summed E-state index contributed by atoms with van der Waals surface area (Å²) in [5.74, 6) is 2.69.